The lowest BCUT2D eigenvalue weighted by Gasteiger charge is -2.24. The van der Waals surface area contributed by atoms with Gasteiger partial charge in [-0.15, -0.1) is 11.3 Å². The van der Waals surface area contributed by atoms with Crippen molar-refractivity contribution in [1.82, 2.24) is 0 Å². The van der Waals surface area contributed by atoms with E-state index in [1.54, 1.807) is 30.3 Å². The zero-order valence-electron chi connectivity index (χ0n) is 13.1. The molecule has 7 heteroatoms. The van der Waals surface area contributed by atoms with Crippen LogP contribution in [0.2, 0.25) is 0 Å². The van der Waals surface area contributed by atoms with Crippen LogP contribution in [-0.2, 0) is 10.3 Å². The lowest BCUT2D eigenvalue weighted by Crippen LogP contribution is -2.32. The third-order valence-electron chi connectivity index (χ3n) is 4.10. The SMILES string of the molecule is CC1OCCC1(O)c1cc(/N=C\Nc2ccc(O)cc2)c(C=O)s1. The molecule has 3 rings (SSSR count). The van der Waals surface area contributed by atoms with E-state index in [1.807, 2.05) is 6.92 Å². The number of aliphatic imine (C=N–C) groups is 1. The van der Waals surface area contributed by atoms with Crippen LogP contribution in [0.5, 0.6) is 5.75 Å². The van der Waals surface area contributed by atoms with Crippen LogP contribution >= 0.6 is 11.3 Å². The van der Waals surface area contributed by atoms with Gasteiger partial charge in [0.15, 0.2) is 6.29 Å². The van der Waals surface area contributed by atoms with E-state index >= 15 is 0 Å². The summed E-state index contributed by atoms with van der Waals surface area (Å²) in [7, 11) is 0. The first-order valence-corrected chi connectivity index (χ1v) is 8.36. The average molecular weight is 346 g/mol. The first kappa shape index (κ1) is 16.6. The van der Waals surface area contributed by atoms with Gasteiger partial charge in [-0.3, -0.25) is 4.79 Å². The van der Waals surface area contributed by atoms with Gasteiger partial charge in [0.25, 0.3) is 0 Å². The predicted octanol–water partition coefficient (Wildman–Crippen LogP) is 3.03. The summed E-state index contributed by atoms with van der Waals surface area (Å²) in [5.74, 6) is 0.185. The Balaban J connectivity index is 1.79. The second kappa shape index (κ2) is 6.72. The maximum atomic E-state index is 11.3. The van der Waals surface area contributed by atoms with Crippen molar-refractivity contribution in [3.05, 3.63) is 40.1 Å². The lowest BCUT2D eigenvalue weighted by molar-refractivity contribution is -0.0290. The fourth-order valence-electron chi connectivity index (χ4n) is 2.58. The number of aldehydes is 1. The van der Waals surface area contributed by atoms with Crippen molar-refractivity contribution >= 4 is 35.3 Å². The van der Waals surface area contributed by atoms with Gasteiger partial charge in [-0.25, -0.2) is 4.99 Å². The Bertz CT molecular complexity index is 756. The molecule has 1 saturated heterocycles. The highest BCUT2D eigenvalue weighted by atomic mass is 32.1. The summed E-state index contributed by atoms with van der Waals surface area (Å²) in [6.07, 6.45) is 2.40. The standard InChI is InChI=1S/C17H18N2O4S/c1-11-17(22,6-7-23-11)16-8-14(15(9-20)24-16)19-10-18-12-2-4-13(21)5-3-12/h2-5,8-11,21-22H,6-7H2,1H3,(H,18,19). The van der Waals surface area contributed by atoms with Gasteiger partial charge >= 0.3 is 0 Å². The van der Waals surface area contributed by atoms with Crippen molar-refractivity contribution in [1.29, 1.82) is 0 Å². The van der Waals surface area contributed by atoms with E-state index in [1.165, 1.54) is 17.7 Å². The average Bonchev–Trinajstić information content (AvgIpc) is 3.14. The van der Waals surface area contributed by atoms with Crippen LogP contribution in [-0.4, -0.2) is 35.5 Å². The largest absolute Gasteiger partial charge is 0.508 e. The van der Waals surface area contributed by atoms with Crippen molar-refractivity contribution in [3.8, 4) is 5.75 Å². The summed E-state index contributed by atoms with van der Waals surface area (Å²) in [5, 5.41) is 23.0. The molecule has 126 valence electrons. The van der Waals surface area contributed by atoms with Gasteiger partial charge in [-0.05, 0) is 37.3 Å². The molecule has 0 radical (unpaired) electrons. The van der Waals surface area contributed by atoms with Crippen LogP contribution in [0, 0.1) is 0 Å². The van der Waals surface area contributed by atoms with Gasteiger partial charge in [-0.2, -0.15) is 0 Å². The number of carbonyl (C=O) groups excluding carboxylic acids is 1. The fraction of sp³-hybridized carbons (Fsp3) is 0.294. The molecule has 0 amide bonds. The number of hydrogen-bond donors (Lipinski definition) is 3. The number of thiophene rings is 1. The van der Waals surface area contributed by atoms with Crippen LogP contribution in [0.15, 0.2) is 35.3 Å². The van der Waals surface area contributed by atoms with Gasteiger partial charge < -0.3 is 20.3 Å². The number of anilines is 1. The number of carbonyl (C=O) groups is 1. The summed E-state index contributed by atoms with van der Waals surface area (Å²) in [6.45, 7) is 2.32. The maximum absolute atomic E-state index is 11.3. The molecule has 0 bridgehead atoms. The summed E-state index contributed by atoms with van der Waals surface area (Å²) in [4.78, 5) is 16.7. The monoisotopic (exact) mass is 346 g/mol. The van der Waals surface area contributed by atoms with Gasteiger partial charge in [0.05, 0.1) is 29.6 Å². The molecule has 2 heterocycles. The summed E-state index contributed by atoms with van der Waals surface area (Å²) >= 11 is 1.23. The minimum absolute atomic E-state index is 0.185. The van der Waals surface area contributed by atoms with Gasteiger partial charge in [0.1, 0.15) is 11.4 Å². The molecule has 24 heavy (non-hydrogen) atoms. The van der Waals surface area contributed by atoms with E-state index < -0.39 is 5.60 Å². The van der Waals surface area contributed by atoms with E-state index in [0.29, 0.717) is 28.5 Å². The Morgan fingerprint density at radius 2 is 2.17 bits per heavy atom. The number of nitrogens with zero attached hydrogens (tertiary/aromatic N) is 1. The summed E-state index contributed by atoms with van der Waals surface area (Å²) in [5.41, 5.74) is 0.195. The Morgan fingerprint density at radius 3 is 2.79 bits per heavy atom. The van der Waals surface area contributed by atoms with E-state index in [4.69, 9.17) is 4.74 Å². The number of hydrogen-bond acceptors (Lipinski definition) is 6. The minimum atomic E-state index is -1.07. The molecule has 0 spiro atoms. The van der Waals surface area contributed by atoms with Crippen LogP contribution in [0.3, 0.4) is 0 Å². The molecular weight excluding hydrogens is 328 g/mol. The third kappa shape index (κ3) is 3.19. The Hall–Kier alpha value is -2.22. The molecule has 1 fully saturated rings. The zero-order chi connectivity index (χ0) is 17.2. The van der Waals surface area contributed by atoms with E-state index in [2.05, 4.69) is 10.3 Å². The number of phenols is 1. The van der Waals surface area contributed by atoms with Crippen LogP contribution in [0.1, 0.15) is 27.9 Å². The number of benzene rings is 1. The van der Waals surface area contributed by atoms with E-state index in [-0.39, 0.29) is 11.9 Å². The molecule has 0 aliphatic carbocycles. The van der Waals surface area contributed by atoms with Crippen molar-refractivity contribution in [2.24, 2.45) is 4.99 Å². The zero-order valence-corrected chi connectivity index (χ0v) is 13.9. The third-order valence-corrected chi connectivity index (χ3v) is 5.32. The highest BCUT2D eigenvalue weighted by Crippen LogP contribution is 2.42. The van der Waals surface area contributed by atoms with Crippen LogP contribution in [0.25, 0.3) is 0 Å². The molecule has 2 unspecified atom stereocenters. The molecule has 2 aromatic rings. The molecule has 1 aromatic carbocycles. The molecule has 1 aliphatic heterocycles. The smallest absolute Gasteiger partial charge is 0.162 e. The van der Waals surface area contributed by atoms with Gasteiger partial charge in [0, 0.05) is 17.0 Å². The molecule has 6 nitrogen and oxygen atoms in total. The number of nitrogens with one attached hydrogen (secondary N) is 1. The fourth-order valence-corrected chi connectivity index (χ4v) is 3.70. The second-order valence-corrected chi connectivity index (χ2v) is 6.70. The normalized spacial score (nSPS) is 23.7. The van der Waals surface area contributed by atoms with Crippen molar-refractivity contribution in [3.63, 3.8) is 0 Å². The van der Waals surface area contributed by atoms with Gasteiger partial charge in [0.2, 0.25) is 0 Å². The number of ether oxygens (including phenoxy) is 1. The Kier molecular flexibility index (Phi) is 4.66. The van der Waals surface area contributed by atoms with Crippen molar-refractivity contribution < 1.29 is 19.7 Å². The number of rotatable bonds is 5. The minimum Gasteiger partial charge on any atom is -0.508 e. The first-order chi connectivity index (χ1) is 11.5. The molecule has 3 N–H and O–H groups in total. The second-order valence-electron chi connectivity index (χ2n) is 5.61. The van der Waals surface area contributed by atoms with Crippen LogP contribution in [0.4, 0.5) is 11.4 Å². The highest BCUT2D eigenvalue weighted by molar-refractivity contribution is 7.14. The Labute approximate surface area is 143 Å². The first-order valence-electron chi connectivity index (χ1n) is 7.54. The highest BCUT2D eigenvalue weighted by Gasteiger charge is 2.42. The van der Waals surface area contributed by atoms with Crippen molar-refractivity contribution in [2.45, 2.75) is 25.0 Å². The maximum Gasteiger partial charge on any atom is 0.162 e. The van der Waals surface area contributed by atoms with Crippen LogP contribution < -0.4 is 5.32 Å². The topological polar surface area (TPSA) is 91.2 Å². The molecule has 0 saturated carbocycles. The molecule has 1 aliphatic rings. The quantitative estimate of drug-likeness (QED) is 0.335. The van der Waals surface area contributed by atoms with Gasteiger partial charge in [-0.1, -0.05) is 0 Å². The van der Waals surface area contributed by atoms with E-state index in [9.17, 15) is 15.0 Å². The number of phenolic OH excluding ortho intramolecular Hbond substituents is 1. The molecular formula is C17H18N2O4S. The molecule has 1 aromatic heterocycles. The lowest BCUT2D eigenvalue weighted by atomic mass is 9.95. The Morgan fingerprint density at radius 1 is 1.42 bits per heavy atom. The predicted molar refractivity (Wildman–Crippen MR) is 93.5 cm³/mol. The van der Waals surface area contributed by atoms with Crippen molar-refractivity contribution in [2.75, 3.05) is 11.9 Å². The summed E-state index contributed by atoms with van der Waals surface area (Å²) < 4.78 is 5.45. The van der Waals surface area contributed by atoms with E-state index in [0.717, 1.165) is 12.0 Å². The molecule has 2 atom stereocenters. The summed E-state index contributed by atoms with van der Waals surface area (Å²) in [6, 6.07) is 8.27. The number of aliphatic hydroxyl groups is 1. The number of aromatic hydroxyl groups is 1.